The molecule has 0 fully saturated rings. The molecule has 2 nitrogen and oxygen atoms in total. The van der Waals surface area contributed by atoms with Gasteiger partial charge in [-0.05, 0) is 53.6 Å². The molecule has 0 saturated heterocycles. The number of anilines is 2. The van der Waals surface area contributed by atoms with Gasteiger partial charge in [-0.15, -0.1) is 0 Å². The molecule has 0 amide bonds. The Morgan fingerprint density at radius 3 is 1.79 bits per heavy atom. The third-order valence-electron chi connectivity index (χ3n) is 3.56. The largest absolute Gasteiger partial charge is 0.399 e. The Bertz CT molecular complexity index is 531. The maximum Gasteiger partial charge on any atom is 0.0379 e. The molecule has 2 aromatic carbocycles. The van der Waals surface area contributed by atoms with Gasteiger partial charge in [0.25, 0.3) is 0 Å². The van der Waals surface area contributed by atoms with Crippen LogP contribution in [0.3, 0.4) is 0 Å². The summed E-state index contributed by atoms with van der Waals surface area (Å²) in [6.45, 7) is 4.30. The zero-order valence-electron chi connectivity index (χ0n) is 11.7. The standard InChI is InChI=1S/C17H22N2/c1-3-14-10-13(11-15(4-2)17(14)19)9-12-5-7-16(18)8-6-12/h5-8,10-11H,3-4,9,18-19H2,1-2H3. The van der Waals surface area contributed by atoms with Crippen LogP contribution < -0.4 is 11.5 Å². The molecule has 0 radical (unpaired) electrons. The number of aryl methyl sites for hydroxylation is 2. The van der Waals surface area contributed by atoms with E-state index in [-0.39, 0.29) is 0 Å². The van der Waals surface area contributed by atoms with Crippen molar-refractivity contribution in [1.82, 2.24) is 0 Å². The molecule has 0 aliphatic heterocycles. The summed E-state index contributed by atoms with van der Waals surface area (Å²) in [5.74, 6) is 0. The highest BCUT2D eigenvalue weighted by atomic mass is 14.6. The quantitative estimate of drug-likeness (QED) is 0.820. The molecule has 0 aromatic heterocycles. The molecular weight excluding hydrogens is 232 g/mol. The number of rotatable bonds is 4. The van der Waals surface area contributed by atoms with Crippen LogP contribution in [-0.4, -0.2) is 0 Å². The van der Waals surface area contributed by atoms with E-state index in [1.54, 1.807) is 0 Å². The topological polar surface area (TPSA) is 52.0 Å². The number of benzene rings is 2. The van der Waals surface area contributed by atoms with Crippen LogP contribution in [0.4, 0.5) is 11.4 Å². The Morgan fingerprint density at radius 1 is 0.789 bits per heavy atom. The average molecular weight is 254 g/mol. The third kappa shape index (κ3) is 3.08. The second kappa shape index (κ2) is 5.79. The van der Waals surface area contributed by atoms with Gasteiger partial charge >= 0.3 is 0 Å². The van der Waals surface area contributed by atoms with Gasteiger partial charge in [-0.1, -0.05) is 38.1 Å². The molecular formula is C17H22N2. The second-order valence-corrected chi connectivity index (χ2v) is 4.95. The van der Waals surface area contributed by atoms with Gasteiger partial charge < -0.3 is 11.5 Å². The van der Waals surface area contributed by atoms with E-state index in [2.05, 4.69) is 38.1 Å². The Morgan fingerprint density at radius 2 is 1.32 bits per heavy atom. The SMILES string of the molecule is CCc1cc(Cc2ccc(N)cc2)cc(CC)c1N. The normalized spacial score (nSPS) is 10.6. The van der Waals surface area contributed by atoms with E-state index in [1.165, 1.54) is 22.3 Å². The van der Waals surface area contributed by atoms with Gasteiger partial charge in [0, 0.05) is 11.4 Å². The first-order valence-electron chi connectivity index (χ1n) is 6.88. The van der Waals surface area contributed by atoms with Crippen LogP contribution in [0.25, 0.3) is 0 Å². The number of nitrogens with two attached hydrogens (primary N) is 2. The van der Waals surface area contributed by atoms with E-state index in [0.29, 0.717) is 0 Å². The summed E-state index contributed by atoms with van der Waals surface area (Å²) < 4.78 is 0. The maximum absolute atomic E-state index is 6.17. The van der Waals surface area contributed by atoms with Crippen molar-refractivity contribution in [1.29, 1.82) is 0 Å². The molecule has 0 bridgehead atoms. The average Bonchev–Trinajstić information content (AvgIpc) is 2.43. The lowest BCUT2D eigenvalue weighted by atomic mass is 9.96. The Hall–Kier alpha value is -1.96. The highest BCUT2D eigenvalue weighted by molar-refractivity contribution is 5.56. The fourth-order valence-corrected chi connectivity index (χ4v) is 2.41. The monoisotopic (exact) mass is 254 g/mol. The van der Waals surface area contributed by atoms with Crippen molar-refractivity contribution in [3.05, 3.63) is 58.7 Å². The maximum atomic E-state index is 6.17. The van der Waals surface area contributed by atoms with Gasteiger partial charge in [-0.25, -0.2) is 0 Å². The molecule has 0 aliphatic carbocycles. The van der Waals surface area contributed by atoms with Crippen LogP contribution in [0, 0.1) is 0 Å². The first-order chi connectivity index (χ1) is 9.13. The van der Waals surface area contributed by atoms with Crippen molar-refractivity contribution in [2.45, 2.75) is 33.1 Å². The fraction of sp³-hybridized carbons (Fsp3) is 0.294. The lowest BCUT2D eigenvalue weighted by Gasteiger charge is -2.12. The van der Waals surface area contributed by atoms with Crippen LogP contribution >= 0.6 is 0 Å². The molecule has 0 saturated carbocycles. The Balaban J connectivity index is 2.32. The van der Waals surface area contributed by atoms with E-state index < -0.39 is 0 Å². The number of hydrogen-bond acceptors (Lipinski definition) is 2. The van der Waals surface area contributed by atoms with Crippen LogP contribution in [0.2, 0.25) is 0 Å². The van der Waals surface area contributed by atoms with Gasteiger partial charge in [0.2, 0.25) is 0 Å². The van der Waals surface area contributed by atoms with E-state index in [9.17, 15) is 0 Å². The van der Waals surface area contributed by atoms with Crippen molar-refractivity contribution in [2.24, 2.45) is 0 Å². The summed E-state index contributed by atoms with van der Waals surface area (Å²) in [5, 5.41) is 0. The summed E-state index contributed by atoms with van der Waals surface area (Å²) in [6, 6.07) is 12.5. The van der Waals surface area contributed by atoms with Crippen molar-refractivity contribution in [3.63, 3.8) is 0 Å². The van der Waals surface area contributed by atoms with Crippen molar-refractivity contribution < 1.29 is 0 Å². The molecule has 2 rings (SSSR count). The predicted octanol–water partition coefficient (Wildman–Crippen LogP) is 3.57. The summed E-state index contributed by atoms with van der Waals surface area (Å²) in [7, 11) is 0. The van der Waals surface area contributed by atoms with E-state index in [4.69, 9.17) is 11.5 Å². The van der Waals surface area contributed by atoms with Crippen LogP contribution in [-0.2, 0) is 19.3 Å². The third-order valence-corrected chi connectivity index (χ3v) is 3.56. The molecule has 0 unspecified atom stereocenters. The highest BCUT2D eigenvalue weighted by Crippen LogP contribution is 2.23. The van der Waals surface area contributed by atoms with Crippen LogP contribution in [0.5, 0.6) is 0 Å². The zero-order chi connectivity index (χ0) is 13.8. The van der Waals surface area contributed by atoms with Gasteiger partial charge in [0.15, 0.2) is 0 Å². The van der Waals surface area contributed by atoms with Crippen molar-refractivity contribution in [3.8, 4) is 0 Å². The lowest BCUT2D eigenvalue weighted by molar-refractivity contribution is 1.06. The molecule has 2 aromatic rings. The van der Waals surface area contributed by atoms with E-state index in [1.807, 2.05) is 12.1 Å². The molecule has 19 heavy (non-hydrogen) atoms. The van der Waals surface area contributed by atoms with Crippen LogP contribution in [0.1, 0.15) is 36.1 Å². The number of nitrogen functional groups attached to an aromatic ring is 2. The fourth-order valence-electron chi connectivity index (χ4n) is 2.41. The van der Waals surface area contributed by atoms with E-state index >= 15 is 0 Å². The second-order valence-electron chi connectivity index (χ2n) is 4.95. The zero-order valence-corrected chi connectivity index (χ0v) is 11.7. The summed E-state index contributed by atoms with van der Waals surface area (Å²) in [5.41, 5.74) is 18.8. The minimum atomic E-state index is 0.810. The first-order valence-corrected chi connectivity index (χ1v) is 6.88. The van der Waals surface area contributed by atoms with Gasteiger partial charge in [-0.3, -0.25) is 0 Å². The summed E-state index contributed by atoms with van der Waals surface area (Å²) in [4.78, 5) is 0. The summed E-state index contributed by atoms with van der Waals surface area (Å²) in [6.07, 6.45) is 2.89. The minimum Gasteiger partial charge on any atom is -0.399 e. The molecule has 0 heterocycles. The van der Waals surface area contributed by atoms with Crippen molar-refractivity contribution >= 4 is 11.4 Å². The molecule has 2 heteroatoms. The molecule has 4 N–H and O–H groups in total. The smallest absolute Gasteiger partial charge is 0.0379 e. The first kappa shape index (κ1) is 13.5. The highest BCUT2D eigenvalue weighted by Gasteiger charge is 2.06. The molecule has 100 valence electrons. The van der Waals surface area contributed by atoms with Crippen molar-refractivity contribution in [2.75, 3.05) is 11.5 Å². The molecule has 0 aliphatic rings. The molecule has 0 atom stereocenters. The Kier molecular flexibility index (Phi) is 4.10. The van der Waals surface area contributed by atoms with Gasteiger partial charge in [0.1, 0.15) is 0 Å². The van der Waals surface area contributed by atoms with E-state index in [0.717, 1.165) is 30.6 Å². The summed E-state index contributed by atoms with van der Waals surface area (Å²) >= 11 is 0. The predicted molar refractivity (Wildman–Crippen MR) is 83.3 cm³/mol. The van der Waals surface area contributed by atoms with Gasteiger partial charge in [-0.2, -0.15) is 0 Å². The lowest BCUT2D eigenvalue weighted by Crippen LogP contribution is -2.01. The Labute approximate surface area is 115 Å². The van der Waals surface area contributed by atoms with Gasteiger partial charge in [0.05, 0.1) is 0 Å². The minimum absolute atomic E-state index is 0.810. The van der Waals surface area contributed by atoms with Crippen LogP contribution in [0.15, 0.2) is 36.4 Å². The molecule has 0 spiro atoms. The number of hydrogen-bond donors (Lipinski definition) is 2.